The molecule has 0 radical (unpaired) electrons. The number of carbonyl (C=O) groups excluding carboxylic acids is 3. The van der Waals surface area contributed by atoms with Crippen LogP contribution in [0.5, 0.6) is 5.75 Å². The summed E-state index contributed by atoms with van der Waals surface area (Å²) in [6, 6.07) is 7.43. The monoisotopic (exact) mass is 415 g/mol. The van der Waals surface area contributed by atoms with E-state index >= 15 is 0 Å². The van der Waals surface area contributed by atoms with Crippen molar-refractivity contribution in [3.8, 4) is 5.75 Å². The number of carbonyl (C=O) groups is 3. The Labute approximate surface area is 176 Å². The van der Waals surface area contributed by atoms with Crippen LogP contribution in [-0.2, 0) is 20.9 Å². The summed E-state index contributed by atoms with van der Waals surface area (Å²) in [5.41, 5.74) is 0.211. The first-order valence-electron chi connectivity index (χ1n) is 10.7. The molecule has 30 heavy (non-hydrogen) atoms. The highest BCUT2D eigenvalue weighted by molar-refractivity contribution is 6.07. The SMILES string of the molecule is CCCOc1ccc(CN2CC(CN3C(=O)NC4(CCOCC4)C3=O)CC2=O)cc1. The van der Waals surface area contributed by atoms with E-state index in [-0.39, 0.29) is 30.3 Å². The van der Waals surface area contributed by atoms with E-state index in [4.69, 9.17) is 9.47 Å². The Morgan fingerprint density at radius 1 is 1.17 bits per heavy atom. The molecular formula is C22H29N3O5. The van der Waals surface area contributed by atoms with Crippen molar-refractivity contribution in [2.45, 2.75) is 44.7 Å². The van der Waals surface area contributed by atoms with Crippen molar-refractivity contribution >= 4 is 17.8 Å². The van der Waals surface area contributed by atoms with Crippen LogP contribution >= 0.6 is 0 Å². The molecule has 1 atom stereocenters. The maximum atomic E-state index is 12.9. The number of benzene rings is 1. The number of hydrogen-bond donors (Lipinski definition) is 1. The first-order chi connectivity index (χ1) is 14.5. The first-order valence-corrected chi connectivity index (χ1v) is 10.7. The molecule has 1 N–H and O–H groups in total. The fourth-order valence-electron chi connectivity index (χ4n) is 4.42. The molecule has 4 amide bonds. The van der Waals surface area contributed by atoms with Crippen LogP contribution < -0.4 is 10.1 Å². The van der Waals surface area contributed by atoms with Gasteiger partial charge in [0.15, 0.2) is 0 Å². The van der Waals surface area contributed by atoms with Crippen molar-refractivity contribution < 1.29 is 23.9 Å². The number of nitrogens with zero attached hydrogens (tertiary/aromatic N) is 2. The summed E-state index contributed by atoms with van der Waals surface area (Å²) in [4.78, 5) is 41.0. The number of urea groups is 1. The summed E-state index contributed by atoms with van der Waals surface area (Å²) in [5.74, 6) is 0.657. The predicted octanol–water partition coefficient (Wildman–Crippen LogP) is 1.92. The molecule has 1 aromatic rings. The van der Waals surface area contributed by atoms with E-state index in [9.17, 15) is 14.4 Å². The van der Waals surface area contributed by atoms with E-state index in [0.29, 0.717) is 52.2 Å². The minimum atomic E-state index is -0.820. The Bertz CT molecular complexity index is 803. The fraction of sp³-hybridized carbons (Fsp3) is 0.591. The number of amides is 4. The molecule has 8 heteroatoms. The highest BCUT2D eigenvalue weighted by atomic mass is 16.5. The summed E-state index contributed by atoms with van der Waals surface area (Å²) in [7, 11) is 0. The van der Waals surface area contributed by atoms with Crippen LogP contribution in [0.15, 0.2) is 24.3 Å². The standard InChI is InChI=1S/C22H29N3O5/c1-2-9-30-18-5-3-16(4-6-18)13-24-14-17(12-19(24)26)15-25-20(27)22(23-21(25)28)7-10-29-11-8-22/h3-6,17H,2,7-15H2,1H3,(H,23,28). The molecule has 1 unspecified atom stereocenters. The van der Waals surface area contributed by atoms with Gasteiger partial charge in [0.25, 0.3) is 5.91 Å². The number of imide groups is 1. The van der Waals surface area contributed by atoms with Gasteiger partial charge < -0.3 is 19.7 Å². The van der Waals surface area contributed by atoms with Crippen LogP contribution in [0.1, 0.15) is 38.2 Å². The minimum absolute atomic E-state index is 0.0469. The molecule has 3 aliphatic rings. The maximum Gasteiger partial charge on any atom is 0.325 e. The fourth-order valence-corrected chi connectivity index (χ4v) is 4.42. The Morgan fingerprint density at radius 3 is 2.60 bits per heavy atom. The van der Waals surface area contributed by atoms with Gasteiger partial charge in [0.05, 0.1) is 6.61 Å². The molecule has 4 rings (SSSR count). The number of nitrogens with one attached hydrogen (secondary N) is 1. The second-order valence-electron chi connectivity index (χ2n) is 8.38. The van der Waals surface area contributed by atoms with Gasteiger partial charge in [0.1, 0.15) is 11.3 Å². The van der Waals surface area contributed by atoms with E-state index in [2.05, 4.69) is 12.2 Å². The van der Waals surface area contributed by atoms with Crippen LogP contribution in [0.3, 0.4) is 0 Å². The molecule has 0 aliphatic carbocycles. The quantitative estimate of drug-likeness (QED) is 0.688. The second-order valence-corrected chi connectivity index (χ2v) is 8.38. The summed E-state index contributed by atoms with van der Waals surface area (Å²) in [6.45, 7) is 5.02. The number of likely N-dealkylation sites (tertiary alicyclic amines) is 1. The minimum Gasteiger partial charge on any atom is -0.494 e. The Morgan fingerprint density at radius 2 is 1.90 bits per heavy atom. The van der Waals surface area contributed by atoms with Crippen LogP contribution in [0.2, 0.25) is 0 Å². The van der Waals surface area contributed by atoms with Crippen LogP contribution in [0.25, 0.3) is 0 Å². The van der Waals surface area contributed by atoms with Crippen molar-refractivity contribution in [2.24, 2.45) is 5.92 Å². The highest BCUT2D eigenvalue weighted by Gasteiger charge is 2.52. The molecule has 0 aromatic heterocycles. The number of rotatable bonds is 7. The van der Waals surface area contributed by atoms with Crippen LogP contribution in [0.4, 0.5) is 4.79 Å². The molecule has 1 aromatic carbocycles. The lowest BCUT2D eigenvalue weighted by molar-refractivity contribution is -0.135. The summed E-state index contributed by atoms with van der Waals surface area (Å²) in [5, 5.41) is 2.87. The topological polar surface area (TPSA) is 88.2 Å². The third kappa shape index (κ3) is 4.14. The molecule has 3 fully saturated rings. The van der Waals surface area contributed by atoms with Gasteiger partial charge in [-0.05, 0) is 24.1 Å². The lowest BCUT2D eigenvalue weighted by Gasteiger charge is -2.30. The number of ether oxygens (including phenoxy) is 2. The van der Waals surface area contributed by atoms with E-state index in [1.54, 1.807) is 4.90 Å². The van der Waals surface area contributed by atoms with E-state index in [1.165, 1.54) is 4.90 Å². The third-order valence-corrected chi connectivity index (χ3v) is 6.10. The van der Waals surface area contributed by atoms with Crippen molar-refractivity contribution in [3.63, 3.8) is 0 Å². The molecule has 162 valence electrons. The zero-order valence-corrected chi connectivity index (χ0v) is 17.4. The van der Waals surface area contributed by atoms with E-state index < -0.39 is 5.54 Å². The lowest BCUT2D eigenvalue weighted by atomic mass is 9.90. The Hall–Kier alpha value is -2.61. The second kappa shape index (κ2) is 8.63. The van der Waals surface area contributed by atoms with Gasteiger partial charge >= 0.3 is 6.03 Å². The normalized spacial score (nSPS) is 23.4. The molecule has 0 bridgehead atoms. The zero-order valence-electron chi connectivity index (χ0n) is 17.4. The number of hydrogen-bond acceptors (Lipinski definition) is 5. The van der Waals surface area contributed by atoms with Gasteiger partial charge in [-0.2, -0.15) is 0 Å². The zero-order chi connectivity index (χ0) is 21.1. The van der Waals surface area contributed by atoms with E-state index in [0.717, 1.165) is 17.7 Å². The van der Waals surface area contributed by atoms with Gasteiger partial charge in [-0.15, -0.1) is 0 Å². The van der Waals surface area contributed by atoms with Gasteiger partial charge in [-0.1, -0.05) is 19.1 Å². The molecule has 8 nitrogen and oxygen atoms in total. The predicted molar refractivity (Wildman–Crippen MR) is 109 cm³/mol. The highest BCUT2D eigenvalue weighted by Crippen LogP contribution is 2.30. The van der Waals surface area contributed by atoms with Crippen molar-refractivity contribution in [3.05, 3.63) is 29.8 Å². The smallest absolute Gasteiger partial charge is 0.325 e. The van der Waals surface area contributed by atoms with E-state index in [1.807, 2.05) is 24.3 Å². The van der Waals surface area contributed by atoms with Gasteiger partial charge in [0.2, 0.25) is 5.91 Å². The Balaban J connectivity index is 1.33. The summed E-state index contributed by atoms with van der Waals surface area (Å²) < 4.78 is 10.9. The van der Waals surface area contributed by atoms with Gasteiger partial charge in [-0.3, -0.25) is 14.5 Å². The van der Waals surface area contributed by atoms with Crippen LogP contribution in [0, 0.1) is 5.92 Å². The van der Waals surface area contributed by atoms with Crippen LogP contribution in [-0.4, -0.2) is 66.1 Å². The molecular weight excluding hydrogens is 386 g/mol. The summed E-state index contributed by atoms with van der Waals surface area (Å²) in [6.07, 6.45) is 2.31. The maximum absolute atomic E-state index is 12.9. The largest absolute Gasteiger partial charge is 0.494 e. The molecule has 1 spiro atoms. The van der Waals surface area contributed by atoms with Crippen molar-refractivity contribution in [1.29, 1.82) is 0 Å². The molecule has 0 saturated carbocycles. The lowest BCUT2D eigenvalue weighted by Crippen LogP contribution is -2.51. The first kappa shape index (κ1) is 20.7. The van der Waals surface area contributed by atoms with Gasteiger partial charge in [-0.25, -0.2) is 4.79 Å². The average molecular weight is 415 g/mol. The van der Waals surface area contributed by atoms with Gasteiger partial charge in [0, 0.05) is 58.0 Å². The third-order valence-electron chi connectivity index (χ3n) is 6.10. The average Bonchev–Trinajstić information content (AvgIpc) is 3.20. The van der Waals surface area contributed by atoms with Crippen molar-refractivity contribution in [1.82, 2.24) is 15.1 Å². The molecule has 3 saturated heterocycles. The summed E-state index contributed by atoms with van der Waals surface area (Å²) >= 11 is 0. The molecule has 3 aliphatic heterocycles. The molecule has 3 heterocycles. The van der Waals surface area contributed by atoms with Crippen molar-refractivity contribution in [2.75, 3.05) is 32.9 Å². The Kier molecular flexibility index (Phi) is 5.94.